The van der Waals surface area contributed by atoms with Gasteiger partial charge in [-0.3, -0.25) is 10.1 Å². The van der Waals surface area contributed by atoms with E-state index in [-0.39, 0.29) is 17.9 Å². The highest BCUT2D eigenvalue weighted by Crippen LogP contribution is 2.25. The molecule has 0 heterocycles. The van der Waals surface area contributed by atoms with E-state index in [9.17, 15) is 15.2 Å². The SMILES string of the molecule is CCC(O)CNc1cc(C#N)ccc1[N+](=O)[O-]. The van der Waals surface area contributed by atoms with Crippen molar-refractivity contribution in [3.8, 4) is 6.07 Å². The molecule has 0 spiro atoms. The summed E-state index contributed by atoms with van der Waals surface area (Å²) in [7, 11) is 0. The molecule has 0 bridgehead atoms. The van der Waals surface area contributed by atoms with Crippen LogP contribution < -0.4 is 5.32 Å². The minimum Gasteiger partial charge on any atom is -0.391 e. The fraction of sp³-hybridized carbons (Fsp3) is 0.364. The van der Waals surface area contributed by atoms with Crippen LogP contribution in [0.15, 0.2) is 18.2 Å². The molecule has 6 heteroatoms. The van der Waals surface area contributed by atoms with Gasteiger partial charge in [0, 0.05) is 12.6 Å². The lowest BCUT2D eigenvalue weighted by molar-refractivity contribution is -0.384. The van der Waals surface area contributed by atoms with Crippen LogP contribution in [0.2, 0.25) is 0 Å². The Balaban J connectivity index is 2.94. The Morgan fingerprint density at radius 2 is 2.35 bits per heavy atom. The largest absolute Gasteiger partial charge is 0.391 e. The van der Waals surface area contributed by atoms with Crippen molar-refractivity contribution in [2.75, 3.05) is 11.9 Å². The van der Waals surface area contributed by atoms with Gasteiger partial charge in [-0.05, 0) is 18.6 Å². The fourth-order valence-corrected chi connectivity index (χ4v) is 1.28. The number of nitro benzene ring substituents is 1. The second-order valence-electron chi connectivity index (χ2n) is 3.54. The van der Waals surface area contributed by atoms with Crippen molar-refractivity contribution in [3.63, 3.8) is 0 Å². The van der Waals surface area contributed by atoms with Crippen LogP contribution in [-0.2, 0) is 0 Å². The number of anilines is 1. The molecule has 0 saturated carbocycles. The quantitative estimate of drug-likeness (QED) is 0.597. The van der Waals surface area contributed by atoms with E-state index in [1.165, 1.54) is 18.2 Å². The summed E-state index contributed by atoms with van der Waals surface area (Å²) in [5.41, 5.74) is 0.484. The Morgan fingerprint density at radius 3 is 2.88 bits per heavy atom. The molecule has 1 unspecified atom stereocenters. The molecular formula is C11H13N3O3. The molecule has 90 valence electrons. The molecular weight excluding hydrogens is 222 g/mol. The molecule has 1 atom stereocenters. The number of aliphatic hydroxyl groups excluding tert-OH is 1. The summed E-state index contributed by atoms with van der Waals surface area (Å²) in [5, 5.41) is 31.6. The highest BCUT2D eigenvalue weighted by atomic mass is 16.6. The Kier molecular flexibility index (Phi) is 4.43. The van der Waals surface area contributed by atoms with Gasteiger partial charge in [0.25, 0.3) is 5.69 Å². The Hall–Kier alpha value is -2.13. The maximum absolute atomic E-state index is 10.8. The Labute approximate surface area is 98.6 Å². The van der Waals surface area contributed by atoms with Gasteiger partial charge in [-0.2, -0.15) is 5.26 Å². The van der Waals surface area contributed by atoms with Crippen LogP contribution in [0.4, 0.5) is 11.4 Å². The summed E-state index contributed by atoms with van der Waals surface area (Å²) in [4.78, 5) is 10.2. The van der Waals surface area contributed by atoms with E-state index in [0.717, 1.165) is 0 Å². The van der Waals surface area contributed by atoms with Crippen molar-refractivity contribution in [2.45, 2.75) is 19.4 Å². The first kappa shape index (κ1) is 12.9. The van der Waals surface area contributed by atoms with E-state index >= 15 is 0 Å². The summed E-state index contributed by atoms with van der Waals surface area (Å²) in [5.74, 6) is 0. The van der Waals surface area contributed by atoms with Crippen molar-refractivity contribution >= 4 is 11.4 Å². The van der Waals surface area contributed by atoms with E-state index < -0.39 is 11.0 Å². The van der Waals surface area contributed by atoms with Crippen LogP contribution in [0.3, 0.4) is 0 Å². The molecule has 0 fully saturated rings. The third-order valence-electron chi connectivity index (χ3n) is 2.32. The number of rotatable bonds is 5. The van der Waals surface area contributed by atoms with Gasteiger partial charge in [0.2, 0.25) is 0 Å². The van der Waals surface area contributed by atoms with Gasteiger partial charge in [0.1, 0.15) is 5.69 Å². The van der Waals surface area contributed by atoms with E-state index in [2.05, 4.69) is 5.32 Å². The lowest BCUT2D eigenvalue weighted by Gasteiger charge is -2.10. The average Bonchev–Trinajstić information content (AvgIpc) is 2.35. The molecule has 0 aliphatic rings. The van der Waals surface area contributed by atoms with E-state index in [4.69, 9.17) is 5.26 Å². The molecule has 0 aliphatic heterocycles. The summed E-state index contributed by atoms with van der Waals surface area (Å²) < 4.78 is 0. The van der Waals surface area contributed by atoms with Gasteiger partial charge < -0.3 is 10.4 Å². The molecule has 0 aromatic heterocycles. The van der Waals surface area contributed by atoms with Crippen molar-refractivity contribution in [2.24, 2.45) is 0 Å². The van der Waals surface area contributed by atoms with Gasteiger partial charge in [0.15, 0.2) is 0 Å². The summed E-state index contributed by atoms with van der Waals surface area (Å²) in [6.45, 7) is 2.03. The van der Waals surface area contributed by atoms with E-state index in [0.29, 0.717) is 12.0 Å². The van der Waals surface area contributed by atoms with Gasteiger partial charge in [0.05, 0.1) is 22.7 Å². The molecule has 17 heavy (non-hydrogen) atoms. The number of benzene rings is 1. The van der Waals surface area contributed by atoms with Crippen LogP contribution in [-0.4, -0.2) is 22.7 Å². The number of nitrogens with zero attached hydrogens (tertiary/aromatic N) is 2. The predicted octanol–water partition coefficient (Wildman–Crippen LogP) is 1.65. The Morgan fingerprint density at radius 1 is 1.65 bits per heavy atom. The van der Waals surface area contributed by atoms with Gasteiger partial charge in [-0.15, -0.1) is 0 Å². The minimum absolute atomic E-state index is 0.104. The highest BCUT2D eigenvalue weighted by molar-refractivity contribution is 5.64. The number of nitro groups is 1. The molecule has 1 aromatic rings. The zero-order valence-electron chi connectivity index (χ0n) is 9.38. The summed E-state index contributed by atoms with van der Waals surface area (Å²) in [6.07, 6.45) is -0.0148. The molecule has 2 N–H and O–H groups in total. The summed E-state index contributed by atoms with van der Waals surface area (Å²) in [6, 6.07) is 5.98. The normalized spacial score (nSPS) is 11.6. The maximum atomic E-state index is 10.8. The minimum atomic E-state index is -0.569. The van der Waals surface area contributed by atoms with Gasteiger partial charge >= 0.3 is 0 Å². The zero-order chi connectivity index (χ0) is 12.8. The standard InChI is InChI=1S/C11H13N3O3/c1-2-9(15)7-13-10-5-8(6-12)3-4-11(10)14(16)17/h3-5,9,13,15H,2,7H2,1H3. The fourth-order valence-electron chi connectivity index (χ4n) is 1.28. The first-order chi connectivity index (χ1) is 8.08. The topological polar surface area (TPSA) is 99.2 Å². The summed E-state index contributed by atoms with van der Waals surface area (Å²) >= 11 is 0. The first-order valence-electron chi connectivity index (χ1n) is 5.19. The molecule has 0 saturated heterocycles. The van der Waals surface area contributed by atoms with Crippen LogP contribution in [0.25, 0.3) is 0 Å². The van der Waals surface area contributed by atoms with Crippen molar-refractivity contribution in [1.82, 2.24) is 0 Å². The predicted molar refractivity (Wildman–Crippen MR) is 62.6 cm³/mol. The average molecular weight is 235 g/mol. The van der Waals surface area contributed by atoms with Crippen LogP contribution in [0.1, 0.15) is 18.9 Å². The van der Waals surface area contributed by atoms with Crippen molar-refractivity contribution < 1.29 is 10.0 Å². The molecule has 0 amide bonds. The van der Waals surface area contributed by atoms with Crippen LogP contribution in [0, 0.1) is 21.4 Å². The Bertz CT molecular complexity index is 454. The lowest BCUT2D eigenvalue weighted by Crippen LogP contribution is -2.18. The monoisotopic (exact) mass is 235 g/mol. The lowest BCUT2D eigenvalue weighted by atomic mass is 10.2. The highest BCUT2D eigenvalue weighted by Gasteiger charge is 2.14. The number of hydrogen-bond donors (Lipinski definition) is 2. The third-order valence-corrected chi connectivity index (χ3v) is 2.32. The third kappa shape index (κ3) is 3.43. The van der Waals surface area contributed by atoms with E-state index in [1.807, 2.05) is 13.0 Å². The van der Waals surface area contributed by atoms with E-state index in [1.54, 1.807) is 0 Å². The molecule has 1 rings (SSSR count). The van der Waals surface area contributed by atoms with Gasteiger partial charge in [-0.25, -0.2) is 0 Å². The smallest absolute Gasteiger partial charge is 0.292 e. The van der Waals surface area contributed by atoms with Crippen LogP contribution in [0.5, 0.6) is 0 Å². The zero-order valence-corrected chi connectivity index (χ0v) is 9.38. The molecule has 0 radical (unpaired) electrons. The molecule has 1 aromatic carbocycles. The van der Waals surface area contributed by atoms with Crippen molar-refractivity contribution in [1.29, 1.82) is 5.26 Å². The number of hydrogen-bond acceptors (Lipinski definition) is 5. The van der Waals surface area contributed by atoms with Crippen LogP contribution >= 0.6 is 0 Å². The first-order valence-corrected chi connectivity index (χ1v) is 5.19. The van der Waals surface area contributed by atoms with Gasteiger partial charge in [-0.1, -0.05) is 6.92 Å². The molecule has 6 nitrogen and oxygen atoms in total. The second-order valence-corrected chi connectivity index (χ2v) is 3.54. The van der Waals surface area contributed by atoms with Crippen molar-refractivity contribution in [3.05, 3.63) is 33.9 Å². The molecule has 0 aliphatic carbocycles. The number of nitrogens with one attached hydrogen (secondary N) is 1. The number of nitriles is 1. The second kappa shape index (κ2) is 5.82. The number of aliphatic hydroxyl groups is 1. The maximum Gasteiger partial charge on any atom is 0.292 e.